The van der Waals surface area contributed by atoms with Crippen molar-refractivity contribution in [1.82, 2.24) is 4.90 Å². The number of carbonyl (C=O) groups is 1. The predicted octanol–water partition coefficient (Wildman–Crippen LogP) is 4.56. The number of hydrogen-bond donors (Lipinski definition) is 1. The van der Waals surface area contributed by atoms with Crippen LogP contribution in [0.4, 0.5) is 4.39 Å². The lowest BCUT2D eigenvalue weighted by Gasteiger charge is -2.25. The molecule has 28 heavy (non-hydrogen) atoms. The van der Waals surface area contributed by atoms with Crippen molar-refractivity contribution in [2.24, 2.45) is 11.7 Å². The van der Waals surface area contributed by atoms with Crippen LogP contribution < -0.4 is 10.5 Å². The van der Waals surface area contributed by atoms with E-state index in [0.717, 1.165) is 37.8 Å². The Bertz CT molecular complexity index is 828. The van der Waals surface area contributed by atoms with Gasteiger partial charge in [0.2, 0.25) is 0 Å². The van der Waals surface area contributed by atoms with E-state index in [1.54, 1.807) is 6.07 Å². The predicted molar refractivity (Wildman–Crippen MR) is 110 cm³/mol. The Labute approximate surface area is 171 Å². The van der Waals surface area contributed by atoms with Gasteiger partial charge in [0, 0.05) is 12.6 Å². The van der Waals surface area contributed by atoms with Crippen LogP contribution in [0.3, 0.4) is 0 Å². The molecule has 0 unspecified atom stereocenters. The monoisotopic (exact) mass is 404 g/mol. The molecule has 1 amide bonds. The van der Waals surface area contributed by atoms with Gasteiger partial charge in [-0.15, -0.1) is 12.4 Å². The Kier molecular flexibility index (Phi) is 6.57. The number of benzene rings is 2. The molecule has 2 aliphatic rings. The second-order valence-corrected chi connectivity index (χ2v) is 7.57. The third-order valence-corrected chi connectivity index (χ3v) is 5.67. The number of amides is 1. The van der Waals surface area contributed by atoms with E-state index < -0.39 is 5.82 Å². The highest BCUT2D eigenvalue weighted by Gasteiger charge is 2.38. The van der Waals surface area contributed by atoms with E-state index in [1.807, 2.05) is 29.2 Å². The normalized spacial score (nSPS) is 20.6. The van der Waals surface area contributed by atoms with E-state index in [-0.39, 0.29) is 29.9 Å². The maximum Gasteiger partial charge on any atom is 0.257 e. The minimum Gasteiger partial charge on any atom is -0.457 e. The Morgan fingerprint density at radius 1 is 1.14 bits per heavy atom. The van der Waals surface area contributed by atoms with Crippen molar-refractivity contribution >= 4 is 18.3 Å². The van der Waals surface area contributed by atoms with Gasteiger partial charge in [0.15, 0.2) is 0 Å². The average Bonchev–Trinajstić information content (AvgIpc) is 2.98. The minimum absolute atomic E-state index is 0. The van der Waals surface area contributed by atoms with E-state index in [0.29, 0.717) is 24.0 Å². The van der Waals surface area contributed by atoms with Crippen molar-refractivity contribution in [3.63, 3.8) is 0 Å². The van der Waals surface area contributed by atoms with Gasteiger partial charge in [0.05, 0.1) is 5.56 Å². The lowest BCUT2D eigenvalue weighted by atomic mass is 9.90. The van der Waals surface area contributed by atoms with Crippen molar-refractivity contribution < 1.29 is 13.9 Å². The molecule has 1 aliphatic heterocycles. The number of nitrogens with zero attached hydrogens (tertiary/aromatic N) is 1. The molecule has 2 aromatic rings. The number of ether oxygens (including phenoxy) is 1. The maximum absolute atomic E-state index is 14.4. The molecule has 2 bridgehead atoms. The third kappa shape index (κ3) is 4.31. The van der Waals surface area contributed by atoms with Gasteiger partial charge in [-0.05, 0) is 74.0 Å². The van der Waals surface area contributed by atoms with Crippen LogP contribution in [0, 0.1) is 11.7 Å². The molecule has 1 saturated heterocycles. The summed E-state index contributed by atoms with van der Waals surface area (Å²) >= 11 is 0. The zero-order chi connectivity index (χ0) is 18.8. The number of hydrogen-bond acceptors (Lipinski definition) is 3. The van der Waals surface area contributed by atoms with Gasteiger partial charge >= 0.3 is 0 Å². The van der Waals surface area contributed by atoms with Crippen LogP contribution in [0.2, 0.25) is 0 Å². The van der Waals surface area contributed by atoms with Crippen LogP contribution in [0.1, 0.15) is 41.6 Å². The number of fused-ring (bicyclic) bond motifs is 2. The summed E-state index contributed by atoms with van der Waals surface area (Å²) in [6, 6.07) is 12.3. The molecule has 2 fully saturated rings. The fraction of sp³-hybridized carbons (Fsp3) is 0.409. The Morgan fingerprint density at radius 2 is 1.89 bits per heavy atom. The van der Waals surface area contributed by atoms with Crippen LogP contribution in [-0.2, 0) is 6.42 Å². The second-order valence-electron chi connectivity index (χ2n) is 7.57. The van der Waals surface area contributed by atoms with Crippen LogP contribution >= 0.6 is 12.4 Å². The van der Waals surface area contributed by atoms with E-state index in [2.05, 4.69) is 0 Å². The summed E-state index contributed by atoms with van der Waals surface area (Å²) in [5.41, 5.74) is 6.80. The lowest BCUT2D eigenvalue weighted by molar-refractivity contribution is 0.0728. The van der Waals surface area contributed by atoms with Gasteiger partial charge in [-0.3, -0.25) is 4.79 Å². The molecule has 2 aromatic carbocycles. The average molecular weight is 405 g/mol. The number of carbonyl (C=O) groups excluding carboxylic acids is 1. The molecule has 4 nitrogen and oxygen atoms in total. The fourth-order valence-electron chi connectivity index (χ4n) is 4.30. The zero-order valence-electron chi connectivity index (χ0n) is 15.8. The SMILES string of the molecule is Cl.NCCc1ccc(Oc2ccc(F)c(C(=O)N3C[C@@H]4CCC[C@H]3C4)c2)cc1. The highest BCUT2D eigenvalue weighted by molar-refractivity contribution is 5.95. The minimum atomic E-state index is -0.493. The topological polar surface area (TPSA) is 55.6 Å². The molecule has 6 heteroatoms. The summed E-state index contributed by atoms with van der Waals surface area (Å²) in [7, 11) is 0. The van der Waals surface area contributed by atoms with E-state index in [4.69, 9.17) is 10.5 Å². The Morgan fingerprint density at radius 3 is 2.61 bits per heavy atom. The summed E-state index contributed by atoms with van der Waals surface area (Å²) in [6.45, 7) is 1.35. The third-order valence-electron chi connectivity index (χ3n) is 5.67. The molecule has 0 radical (unpaired) electrons. The van der Waals surface area contributed by atoms with Crippen molar-refractivity contribution in [2.45, 2.75) is 38.1 Å². The maximum atomic E-state index is 14.4. The summed E-state index contributed by atoms with van der Waals surface area (Å²) < 4.78 is 20.2. The standard InChI is InChI=1S/C22H25FN2O2.ClH/c23-21-9-8-19(27-18-6-4-15(5-7-18)10-11-24)13-20(21)22(26)25-14-16-2-1-3-17(25)12-16;/h4-9,13,16-17H,1-3,10-12,14,24H2;1H/t16-,17+;/m1./s1. The zero-order valence-corrected chi connectivity index (χ0v) is 16.6. The van der Waals surface area contributed by atoms with Gasteiger partial charge < -0.3 is 15.4 Å². The van der Waals surface area contributed by atoms with Crippen LogP contribution in [-0.4, -0.2) is 29.9 Å². The first-order valence-corrected chi connectivity index (χ1v) is 9.71. The van der Waals surface area contributed by atoms with E-state index >= 15 is 0 Å². The summed E-state index contributed by atoms with van der Waals surface area (Å²) in [6.07, 6.45) is 5.22. The molecule has 1 saturated carbocycles. The fourth-order valence-corrected chi connectivity index (χ4v) is 4.30. The molecule has 1 heterocycles. The van der Waals surface area contributed by atoms with E-state index in [1.165, 1.54) is 18.6 Å². The highest BCUT2D eigenvalue weighted by atomic mass is 35.5. The van der Waals surface area contributed by atoms with Crippen molar-refractivity contribution in [3.05, 3.63) is 59.4 Å². The van der Waals surface area contributed by atoms with Gasteiger partial charge in [-0.1, -0.05) is 18.6 Å². The molecular formula is C22H26ClFN2O2. The van der Waals surface area contributed by atoms with Gasteiger partial charge in [-0.2, -0.15) is 0 Å². The van der Waals surface area contributed by atoms with Gasteiger partial charge in [0.1, 0.15) is 17.3 Å². The van der Waals surface area contributed by atoms with Gasteiger partial charge in [-0.25, -0.2) is 4.39 Å². The van der Waals surface area contributed by atoms with Gasteiger partial charge in [0.25, 0.3) is 5.91 Å². The quantitative estimate of drug-likeness (QED) is 0.795. The lowest BCUT2D eigenvalue weighted by Crippen LogP contribution is -2.35. The van der Waals surface area contributed by atoms with Crippen LogP contribution in [0.15, 0.2) is 42.5 Å². The second kappa shape index (κ2) is 8.93. The van der Waals surface area contributed by atoms with Crippen LogP contribution in [0.5, 0.6) is 11.5 Å². The Hall–Kier alpha value is -2.11. The number of halogens is 2. The van der Waals surface area contributed by atoms with Crippen molar-refractivity contribution in [2.75, 3.05) is 13.1 Å². The first kappa shape index (κ1) is 20.6. The first-order chi connectivity index (χ1) is 13.1. The number of nitrogens with two attached hydrogens (primary N) is 1. The van der Waals surface area contributed by atoms with Crippen molar-refractivity contribution in [1.29, 1.82) is 0 Å². The molecule has 0 aromatic heterocycles. The molecule has 1 aliphatic carbocycles. The van der Waals surface area contributed by atoms with Crippen molar-refractivity contribution in [3.8, 4) is 11.5 Å². The number of rotatable bonds is 5. The molecule has 150 valence electrons. The molecule has 2 N–H and O–H groups in total. The highest BCUT2D eigenvalue weighted by Crippen LogP contribution is 2.36. The molecule has 4 rings (SSSR count). The smallest absolute Gasteiger partial charge is 0.257 e. The largest absolute Gasteiger partial charge is 0.457 e. The summed E-state index contributed by atoms with van der Waals surface area (Å²) in [4.78, 5) is 14.8. The summed E-state index contributed by atoms with van der Waals surface area (Å²) in [5.74, 6) is 0.978. The number of likely N-dealkylation sites (tertiary alicyclic amines) is 1. The molecular weight excluding hydrogens is 379 g/mol. The molecule has 2 atom stereocenters. The Balaban J connectivity index is 0.00000225. The van der Waals surface area contributed by atoms with E-state index in [9.17, 15) is 9.18 Å². The summed E-state index contributed by atoms with van der Waals surface area (Å²) in [5, 5.41) is 0. The molecule has 0 spiro atoms. The first-order valence-electron chi connectivity index (χ1n) is 9.71. The van der Waals surface area contributed by atoms with Crippen LogP contribution in [0.25, 0.3) is 0 Å².